The number of hydrogen-bond acceptors (Lipinski definition) is 3. The van der Waals surface area contributed by atoms with Gasteiger partial charge in [-0.1, -0.05) is 18.9 Å². The van der Waals surface area contributed by atoms with Crippen molar-refractivity contribution < 1.29 is 9.53 Å². The van der Waals surface area contributed by atoms with E-state index in [0.29, 0.717) is 12.2 Å². The Hall–Kier alpha value is -2.14. The summed E-state index contributed by atoms with van der Waals surface area (Å²) in [6.07, 6.45) is 9.29. The molecule has 1 saturated heterocycles. The predicted molar refractivity (Wildman–Crippen MR) is 86.6 cm³/mol. The number of nitrogens with one attached hydrogen (secondary N) is 1. The van der Waals surface area contributed by atoms with Crippen molar-refractivity contribution in [1.82, 2.24) is 15.1 Å². The van der Waals surface area contributed by atoms with Gasteiger partial charge in [0.1, 0.15) is 0 Å². The van der Waals surface area contributed by atoms with Crippen molar-refractivity contribution >= 4 is 5.91 Å². The minimum atomic E-state index is -0.0392. The lowest BCUT2D eigenvalue weighted by Crippen LogP contribution is -2.36. The number of hydrogen-bond donors (Lipinski definition) is 1. The van der Waals surface area contributed by atoms with Gasteiger partial charge in [-0.25, -0.2) is 4.68 Å². The zero-order valence-electron chi connectivity index (χ0n) is 13.1. The molecule has 5 heteroatoms. The van der Waals surface area contributed by atoms with E-state index in [-0.39, 0.29) is 17.6 Å². The van der Waals surface area contributed by atoms with E-state index in [1.165, 1.54) is 12.8 Å². The maximum Gasteiger partial charge on any atom is 0.251 e. The summed E-state index contributed by atoms with van der Waals surface area (Å²) in [5.41, 5.74) is 1.58. The highest BCUT2D eigenvalue weighted by Crippen LogP contribution is 2.40. The molecule has 1 unspecified atom stereocenters. The summed E-state index contributed by atoms with van der Waals surface area (Å²) in [6.45, 7) is 0.630. The van der Waals surface area contributed by atoms with Crippen LogP contribution in [-0.4, -0.2) is 33.9 Å². The standard InChI is InChI=1S/C18H21N3O2/c22-17(20-15-12-18(23-13-15)7-1-2-8-18)14-5-3-6-16(11-14)21-10-4-9-19-21/h3-6,9-11,15H,1-2,7-8,12-13H2,(H,20,22). The highest BCUT2D eigenvalue weighted by Gasteiger charge is 2.42. The minimum absolute atomic E-state index is 0.0366. The molecule has 4 rings (SSSR count). The van der Waals surface area contributed by atoms with E-state index >= 15 is 0 Å². The molecule has 1 aliphatic heterocycles. The first-order chi connectivity index (χ1) is 11.2. The van der Waals surface area contributed by atoms with E-state index in [2.05, 4.69) is 10.4 Å². The van der Waals surface area contributed by atoms with Gasteiger partial charge >= 0.3 is 0 Å². The molecule has 2 aliphatic rings. The van der Waals surface area contributed by atoms with Crippen molar-refractivity contribution in [2.45, 2.75) is 43.7 Å². The van der Waals surface area contributed by atoms with E-state index in [1.54, 1.807) is 10.9 Å². The first kappa shape index (κ1) is 14.5. The molecular formula is C18H21N3O2. The fraction of sp³-hybridized carbons (Fsp3) is 0.444. The second-order valence-electron chi connectivity index (χ2n) is 6.58. The predicted octanol–water partition coefficient (Wildman–Crippen LogP) is 2.70. The SMILES string of the molecule is O=C(NC1COC2(CCCC2)C1)c1cccc(-n2cccn2)c1. The number of nitrogens with zero attached hydrogens (tertiary/aromatic N) is 2. The third kappa shape index (κ3) is 2.88. The Kier molecular flexibility index (Phi) is 3.65. The van der Waals surface area contributed by atoms with E-state index in [9.17, 15) is 4.79 Å². The Balaban J connectivity index is 1.44. The molecule has 1 amide bonds. The monoisotopic (exact) mass is 311 g/mol. The number of rotatable bonds is 3. The summed E-state index contributed by atoms with van der Waals surface area (Å²) in [6, 6.07) is 9.51. The van der Waals surface area contributed by atoms with Gasteiger partial charge in [-0.15, -0.1) is 0 Å². The van der Waals surface area contributed by atoms with Crippen LogP contribution in [-0.2, 0) is 4.74 Å². The number of carbonyl (C=O) groups excluding carboxylic acids is 1. The molecule has 23 heavy (non-hydrogen) atoms. The zero-order valence-corrected chi connectivity index (χ0v) is 13.1. The van der Waals surface area contributed by atoms with Crippen molar-refractivity contribution in [3.05, 3.63) is 48.3 Å². The largest absolute Gasteiger partial charge is 0.373 e. The van der Waals surface area contributed by atoms with Gasteiger partial charge in [0.25, 0.3) is 5.91 Å². The minimum Gasteiger partial charge on any atom is -0.373 e. The smallest absolute Gasteiger partial charge is 0.251 e. The Morgan fingerprint density at radius 3 is 2.96 bits per heavy atom. The molecule has 1 aliphatic carbocycles. The maximum atomic E-state index is 12.5. The summed E-state index contributed by atoms with van der Waals surface area (Å²) in [5.74, 6) is -0.0392. The van der Waals surface area contributed by atoms with Gasteiger partial charge in [-0.3, -0.25) is 4.79 Å². The second-order valence-corrected chi connectivity index (χ2v) is 6.58. The molecule has 1 spiro atoms. The Morgan fingerprint density at radius 1 is 1.30 bits per heavy atom. The van der Waals surface area contributed by atoms with Crippen molar-refractivity contribution in [2.75, 3.05) is 6.61 Å². The van der Waals surface area contributed by atoms with Crippen LogP contribution in [0.2, 0.25) is 0 Å². The lowest BCUT2D eigenvalue weighted by molar-refractivity contribution is 0.00988. The molecule has 1 saturated carbocycles. The van der Waals surface area contributed by atoms with Gasteiger partial charge in [0.2, 0.25) is 0 Å². The highest BCUT2D eigenvalue weighted by molar-refractivity contribution is 5.94. The summed E-state index contributed by atoms with van der Waals surface area (Å²) in [5, 5.41) is 7.33. The maximum absolute atomic E-state index is 12.5. The molecule has 5 nitrogen and oxygen atoms in total. The fourth-order valence-corrected chi connectivity index (χ4v) is 3.78. The molecule has 1 aromatic heterocycles. The molecule has 1 atom stereocenters. The molecule has 120 valence electrons. The van der Waals surface area contributed by atoms with E-state index < -0.39 is 0 Å². The third-order valence-electron chi connectivity index (χ3n) is 4.94. The van der Waals surface area contributed by atoms with Crippen molar-refractivity contribution in [2.24, 2.45) is 0 Å². The Bertz CT molecular complexity index is 690. The van der Waals surface area contributed by atoms with E-state index in [1.807, 2.05) is 36.5 Å². The topological polar surface area (TPSA) is 56.1 Å². The second kappa shape index (κ2) is 5.81. The Labute approximate surface area is 135 Å². The fourth-order valence-electron chi connectivity index (χ4n) is 3.78. The van der Waals surface area contributed by atoms with Crippen LogP contribution in [0.1, 0.15) is 42.5 Å². The van der Waals surface area contributed by atoms with Gasteiger partial charge in [0, 0.05) is 18.0 Å². The van der Waals surface area contributed by atoms with Crippen LogP contribution in [0.5, 0.6) is 0 Å². The first-order valence-electron chi connectivity index (χ1n) is 8.29. The zero-order chi connectivity index (χ0) is 15.7. The molecule has 0 radical (unpaired) electrons. The molecular weight excluding hydrogens is 290 g/mol. The third-order valence-corrected chi connectivity index (χ3v) is 4.94. The number of aromatic nitrogens is 2. The average Bonchev–Trinajstić information content (AvgIpc) is 3.32. The molecule has 1 N–H and O–H groups in total. The van der Waals surface area contributed by atoms with Gasteiger partial charge in [-0.05, 0) is 43.5 Å². The van der Waals surface area contributed by atoms with Crippen molar-refractivity contribution in [1.29, 1.82) is 0 Å². The summed E-state index contributed by atoms with van der Waals surface area (Å²) < 4.78 is 7.76. The number of benzene rings is 1. The lowest BCUT2D eigenvalue weighted by atomic mass is 9.96. The Morgan fingerprint density at radius 2 is 2.17 bits per heavy atom. The average molecular weight is 311 g/mol. The normalized spacial score (nSPS) is 22.5. The lowest BCUT2D eigenvalue weighted by Gasteiger charge is -2.21. The van der Waals surface area contributed by atoms with Gasteiger partial charge in [0.05, 0.1) is 23.9 Å². The number of amides is 1. The van der Waals surface area contributed by atoms with Crippen LogP contribution in [0.3, 0.4) is 0 Å². The van der Waals surface area contributed by atoms with Crippen LogP contribution < -0.4 is 5.32 Å². The van der Waals surface area contributed by atoms with Crippen LogP contribution >= 0.6 is 0 Å². The quantitative estimate of drug-likeness (QED) is 0.948. The van der Waals surface area contributed by atoms with E-state index in [4.69, 9.17) is 4.74 Å². The first-order valence-corrected chi connectivity index (χ1v) is 8.29. The van der Waals surface area contributed by atoms with Gasteiger partial charge < -0.3 is 10.1 Å². The molecule has 1 aromatic carbocycles. The van der Waals surface area contributed by atoms with E-state index in [0.717, 1.165) is 24.9 Å². The number of carbonyl (C=O) groups is 1. The van der Waals surface area contributed by atoms with Crippen LogP contribution in [0.25, 0.3) is 5.69 Å². The summed E-state index contributed by atoms with van der Waals surface area (Å²) >= 11 is 0. The molecule has 2 fully saturated rings. The summed E-state index contributed by atoms with van der Waals surface area (Å²) in [4.78, 5) is 12.5. The van der Waals surface area contributed by atoms with Crippen molar-refractivity contribution in [3.8, 4) is 5.69 Å². The van der Waals surface area contributed by atoms with Crippen LogP contribution in [0, 0.1) is 0 Å². The van der Waals surface area contributed by atoms with Crippen LogP contribution in [0.15, 0.2) is 42.7 Å². The van der Waals surface area contributed by atoms with Crippen LogP contribution in [0.4, 0.5) is 0 Å². The van der Waals surface area contributed by atoms with Crippen molar-refractivity contribution in [3.63, 3.8) is 0 Å². The molecule has 0 bridgehead atoms. The molecule has 2 aromatic rings. The van der Waals surface area contributed by atoms with Gasteiger partial charge in [0.15, 0.2) is 0 Å². The van der Waals surface area contributed by atoms with Gasteiger partial charge in [-0.2, -0.15) is 5.10 Å². The summed E-state index contributed by atoms with van der Waals surface area (Å²) in [7, 11) is 0. The molecule has 2 heterocycles. The number of ether oxygens (including phenoxy) is 1. The highest BCUT2D eigenvalue weighted by atomic mass is 16.5.